The molecule has 1 aromatic carbocycles. The number of hydrogen-bond acceptors (Lipinski definition) is 3. The number of halogens is 1. The number of benzene rings is 1. The number of anilines is 3. The van der Waals surface area contributed by atoms with Gasteiger partial charge in [0.25, 0.3) is 0 Å². The van der Waals surface area contributed by atoms with Crippen molar-refractivity contribution < 1.29 is 9.18 Å². The summed E-state index contributed by atoms with van der Waals surface area (Å²) in [6.45, 7) is 2.06. The minimum atomic E-state index is -0.428. The van der Waals surface area contributed by atoms with Crippen LogP contribution in [-0.4, -0.2) is 24.1 Å². The van der Waals surface area contributed by atoms with Crippen molar-refractivity contribution in [2.75, 3.05) is 28.6 Å². The first-order valence-corrected chi connectivity index (χ1v) is 7.75. The summed E-state index contributed by atoms with van der Waals surface area (Å²) in [5.74, 6) is 0.538. The number of carbonyl (C=O) groups excluding carboxylic acids is 1. The van der Waals surface area contributed by atoms with Gasteiger partial charge in [0.05, 0.1) is 11.9 Å². The van der Waals surface area contributed by atoms with E-state index in [1.807, 2.05) is 12.1 Å². The first-order chi connectivity index (χ1) is 11.2. The Balaban J connectivity index is 1.58. The molecule has 0 unspecified atom stereocenters. The molecule has 0 spiro atoms. The zero-order valence-corrected chi connectivity index (χ0v) is 12.8. The number of pyridine rings is 1. The predicted octanol–water partition coefficient (Wildman–Crippen LogP) is 3.86. The molecule has 23 heavy (non-hydrogen) atoms. The Kier molecular flexibility index (Phi) is 4.71. The molecule has 6 heteroatoms. The summed E-state index contributed by atoms with van der Waals surface area (Å²) >= 11 is 0. The van der Waals surface area contributed by atoms with Crippen molar-refractivity contribution in [2.24, 2.45) is 0 Å². The van der Waals surface area contributed by atoms with Gasteiger partial charge in [0.1, 0.15) is 11.6 Å². The number of aromatic nitrogens is 1. The van der Waals surface area contributed by atoms with Crippen molar-refractivity contribution in [1.82, 2.24) is 4.98 Å². The second-order valence-corrected chi connectivity index (χ2v) is 5.54. The van der Waals surface area contributed by atoms with Crippen LogP contribution < -0.4 is 15.5 Å². The number of hydrogen-bond donors (Lipinski definition) is 2. The Morgan fingerprint density at radius 3 is 2.52 bits per heavy atom. The van der Waals surface area contributed by atoms with Crippen molar-refractivity contribution in [3.63, 3.8) is 0 Å². The van der Waals surface area contributed by atoms with Gasteiger partial charge in [-0.3, -0.25) is 0 Å². The maximum atomic E-state index is 13.1. The van der Waals surface area contributed by atoms with Crippen LogP contribution in [0.2, 0.25) is 0 Å². The summed E-state index contributed by atoms with van der Waals surface area (Å²) in [5.41, 5.74) is 1.00. The van der Waals surface area contributed by atoms with Gasteiger partial charge in [0, 0.05) is 18.8 Å². The van der Waals surface area contributed by atoms with E-state index in [0.29, 0.717) is 11.4 Å². The van der Waals surface area contributed by atoms with Crippen LogP contribution in [0.5, 0.6) is 0 Å². The van der Waals surface area contributed by atoms with Gasteiger partial charge in [-0.1, -0.05) is 6.07 Å². The van der Waals surface area contributed by atoms with E-state index in [9.17, 15) is 9.18 Å². The highest BCUT2D eigenvalue weighted by Crippen LogP contribution is 2.19. The van der Waals surface area contributed by atoms with Crippen molar-refractivity contribution in [3.8, 4) is 0 Å². The van der Waals surface area contributed by atoms with Crippen molar-refractivity contribution in [1.29, 1.82) is 0 Å². The van der Waals surface area contributed by atoms with Gasteiger partial charge in [-0.05, 0) is 49.6 Å². The largest absolute Gasteiger partial charge is 0.357 e. The first-order valence-electron chi connectivity index (χ1n) is 7.75. The quantitative estimate of drug-likeness (QED) is 0.904. The molecular weight excluding hydrogens is 295 g/mol. The van der Waals surface area contributed by atoms with Crippen LogP contribution in [0.25, 0.3) is 0 Å². The van der Waals surface area contributed by atoms with E-state index in [0.717, 1.165) is 18.9 Å². The monoisotopic (exact) mass is 314 g/mol. The Labute approximate surface area is 134 Å². The summed E-state index contributed by atoms with van der Waals surface area (Å²) in [6, 6.07) is 9.05. The molecule has 0 aliphatic carbocycles. The maximum absolute atomic E-state index is 13.1. The topological polar surface area (TPSA) is 57.3 Å². The van der Waals surface area contributed by atoms with Crippen LogP contribution in [0.1, 0.15) is 19.3 Å². The fourth-order valence-corrected chi connectivity index (χ4v) is 2.63. The molecule has 2 heterocycles. The van der Waals surface area contributed by atoms with Gasteiger partial charge in [0.2, 0.25) is 0 Å². The van der Waals surface area contributed by atoms with E-state index in [1.165, 1.54) is 31.4 Å². The van der Waals surface area contributed by atoms with E-state index >= 15 is 0 Å². The van der Waals surface area contributed by atoms with Gasteiger partial charge in [-0.25, -0.2) is 14.2 Å². The smallest absolute Gasteiger partial charge is 0.323 e. The third-order valence-corrected chi connectivity index (χ3v) is 3.77. The summed E-state index contributed by atoms with van der Waals surface area (Å²) in [6.07, 6.45) is 5.29. The van der Waals surface area contributed by atoms with Crippen LogP contribution in [-0.2, 0) is 0 Å². The lowest BCUT2D eigenvalue weighted by Gasteiger charge is -2.27. The number of piperidine rings is 1. The summed E-state index contributed by atoms with van der Waals surface area (Å²) in [5, 5.41) is 5.27. The molecule has 1 saturated heterocycles. The van der Waals surface area contributed by atoms with Gasteiger partial charge < -0.3 is 15.5 Å². The molecule has 0 radical (unpaired) electrons. The first kappa shape index (κ1) is 15.3. The average molecular weight is 314 g/mol. The Morgan fingerprint density at radius 2 is 1.83 bits per heavy atom. The van der Waals surface area contributed by atoms with Crippen LogP contribution >= 0.6 is 0 Å². The third-order valence-electron chi connectivity index (χ3n) is 3.77. The zero-order chi connectivity index (χ0) is 16.1. The van der Waals surface area contributed by atoms with Crippen LogP contribution in [0.3, 0.4) is 0 Å². The average Bonchev–Trinajstić information content (AvgIpc) is 2.56. The normalized spacial score (nSPS) is 14.4. The molecule has 1 aliphatic heterocycles. The summed E-state index contributed by atoms with van der Waals surface area (Å²) < 4.78 is 13.1. The highest BCUT2D eigenvalue weighted by Gasteiger charge is 2.12. The van der Waals surface area contributed by atoms with Crippen molar-refractivity contribution in [3.05, 3.63) is 48.4 Å². The SMILES string of the molecule is O=C(Nc1ccc(N2CCCCC2)nc1)Nc1cccc(F)c1. The molecule has 1 fully saturated rings. The van der Waals surface area contributed by atoms with Gasteiger partial charge in [0.15, 0.2) is 0 Å². The minimum Gasteiger partial charge on any atom is -0.357 e. The molecule has 1 aliphatic rings. The predicted molar refractivity (Wildman–Crippen MR) is 89.3 cm³/mol. The lowest BCUT2D eigenvalue weighted by Crippen LogP contribution is -2.30. The number of nitrogens with one attached hydrogen (secondary N) is 2. The highest BCUT2D eigenvalue weighted by atomic mass is 19.1. The van der Waals surface area contributed by atoms with E-state index in [-0.39, 0.29) is 0 Å². The van der Waals surface area contributed by atoms with Gasteiger partial charge in [-0.15, -0.1) is 0 Å². The van der Waals surface area contributed by atoms with E-state index < -0.39 is 11.8 Å². The number of nitrogens with zero attached hydrogens (tertiary/aromatic N) is 2. The molecule has 0 saturated carbocycles. The number of urea groups is 1. The Morgan fingerprint density at radius 1 is 1.04 bits per heavy atom. The molecule has 2 amide bonds. The lowest BCUT2D eigenvalue weighted by molar-refractivity contribution is 0.262. The summed E-state index contributed by atoms with van der Waals surface area (Å²) in [7, 11) is 0. The van der Waals surface area contributed by atoms with E-state index in [4.69, 9.17) is 0 Å². The highest BCUT2D eigenvalue weighted by molar-refractivity contribution is 5.99. The van der Waals surface area contributed by atoms with Crippen LogP contribution in [0.15, 0.2) is 42.6 Å². The van der Waals surface area contributed by atoms with E-state index in [2.05, 4.69) is 20.5 Å². The van der Waals surface area contributed by atoms with Crippen LogP contribution in [0.4, 0.5) is 26.4 Å². The Hall–Kier alpha value is -2.63. The number of carbonyl (C=O) groups is 1. The maximum Gasteiger partial charge on any atom is 0.323 e. The molecule has 120 valence electrons. The van der Waals surface area contributed by atoms with Crippen molar-refractivity contribution in [2.45, 2.75) is 19.3 Å². The molecule has 0 bridgehead atoms. The fourth-order valence-electron chi connectivity index (χ4n) is 2.63. The molecule has 3 rings (SSSR count). The van der Waals surface area contributed by atoms with Gasteiger partial charge >= 0.3 is 6.03 Å². The molecule has 0 atom stereocenters. The fraction of sp³-hybridized carbons (Fsp3) is 0.294. The zero-order valence-electron chi connectivity index (χ0n) is 12.8. The molecular formula is C17H19FN4O. The second-order valence-electron chi connectivity index (χ2n) is 5.54. The second kappa shape index (κ2) is 7.09. The lowest BCUT2D eigenvalue weighted by atomic mass is 10.1. The minimum absolute atomic E-state index is 0.393. The van der Waals surface area contributed by atoms with E-state index in [1.54, 1.807) is 18.3 Å². The Bertz CT molecular complexity index is 669. The molecule has 2 N–H and O–H groups in total. The van der Waals surface area contributed by atoms with Crippen LogP contribution in [0, 0.1) is 5.82 Å². The molecule has 5 nitrogen and oxygen atoms in total. The van der Waals surface area contributed by atoms with Crippen molar-refractivity contribution >= 4 is 23.2 Å². The summed E-state index contributed by atoms with van der Waals surface area (Å²) in [4.78, 5) is 18.5. The number of amides is 2. The molecule has 2 aromatic rings. The third kappa shape index (κ3) is 4.18. The number of rotatable bonds is 3. The van der Waals surface area contributed by atoms with Gasteiger partial charge in [-0.2, -0.15) is 0 Å². The standard InChI is InChI=1S/C17H19FN4O/c18-13-5-4-6-14(11-13)20-17(23)21-15-7-8-16(19-12-15)22-9-2-1-3-10-22/h4-8,11-12H,1-3,9-10H2,(H2,20,21,23). The molecule has 1 aromatic heterocycles.